The van der Waals surface area contributed by atoms with Crippen LogP contribution in [0, 0.1) is 0 Å². The van der Waals surface area contributed by atoms with Crippen LogP contribution in [0.3, 0.4) is 0 Å². The van der Waals surface area contributed by atoms with Crippen molar-refractivity contribution in [1.82, 2.24) is 15.3 Å². The van der Waals surface area contributed by atoms with E-state index < -0.39 is 12.0 Å². The SMILES string of the molecule is O=C(CSc1cc(Cl)nc(C(F)(F)F)n1)NC1CC1. The molecule has 4 nitrogen and oxygen atoms in total. The summed E-state index contributed by atoms with van der Waals surface area (Å²) in [6, 6.07) is 1.42. The number of hydrogen-bond acceptors (Lipinski definition) is 4. The molecular weight excluding hydrogens is 303 g/mol. The van der Waals surface area contributed by atoms with Crippen LogP contribution in [0.15, 0.2) is 11.1 Å². The van der Waals surface area contributed by atoms with Crippen LogP contribution < -0.4 is 5.32 Å². The number of nitrogens with zero attached hydrogens (tertiary/aromatic N) is 2. The zero-order valence-electron chi connectivity index (χ0n) is 9.50. The molecule has 1 aliphatic carbocycles. The van der Waals surface area contributed by atoms with Gasteiger partial charge in [0.25, 0.3) is 0 Å². The lowest BCUT2D eigenvalue weighted by molar-refractivity contribution is -0.145. The normalized spacial score (nSPS) is 15.4. The summed E-state index contributed by atoms with van der Waals surface area (Å²) in [5.41, 5.74) is 0. The van der Waals surface area contributed by atoms with E-state index in [2.05, 4.69) is 15.3 Å². The lowest BCUT2D eigenvalue weighted by Gasteiger charge is -2.07. The van der Waals surface area contributed by atoms with Gasteiger partial charge in [0, 0.05) is 12.1 Å². The van der Waals surface area contributed by atoms with Crippen LogP contribution in [0.2, 0.25) is 5.15 Å². The Labute approximate surface area is 116 Å². The summed E-state index contributed by atoms with van der Waals surface area (Å²) in [7, 11) is 0. The number of halogens is 4. The van der Waals surface area contributed by atoms with E-state index >= 15 is 0 Å². The van der Waals surface area contributed by atoms with E-state index in [1.165, 1.54) is 6.07 Å². The van der Waals surface area contributed by atoms with Gasteiger partial charge in [-0.2, -0.15) is 13.2 Å². The molecule has 1 amide bonds. The van der Waals surface area contributed by atoms with Crippen LogP contribution in [0.4, 0.5) is 13.2 Å². The zero-order chi connectivity index (χ0) is 14.0. The first-order valence-electron chi connectivity index (χ1n) is 5.38. The Morgan fingerprint density at radius 1 is 1.47 bits per heavy atom. The molecule has 0 radical (unpaired) electrons. The summed E-state index contributed by atoms with van der Waals surface area (Å²) in [6.45, 7) is 0. The van der Waals surface area contributed by atoms with Crippen molar-refractivity contribution < 1.29 is 18.0 Å². The second-order valence-electron chi connectivity index (χ2n) is 3.98. The first-order valence-corrected chi connectivity index (χ1v) is 6.75. The third-order valence-electron chi connectivity index (χ3n) is 2.22. The monoisotopic (exact) mass is 311 g/mol. The van der Waals surface area contributed by atoms with Gasteiger partial charge in [0.05, 0.1) is 5.75 Å². The Kier molecular flexibility index (Phi) is 4.19. The van der Waals surface area contributed by atoms with E-state index in [4.69, 9.17) is 11.6 Å². The van der Waals surface area contributed by atoms with Crippen LogP contribution in [-0.4, -0.2) is 27.7 Å². The number of aromatic nitrogens is 2. The topological polar surface area (TPSA) is 54.9 Å². The third-order valence-corrected chi connectivity index (χ3v) is 3.32. The molecule has 1 aromatic rings. The predicted molar refractivity (Wildman–Crippen MR) is 63.9 cm³/mol. The maximum atomic E-state index is 12.5. The van der Waals surface area contributed by atoms with Crippen LogP contribution in [-0.2, 0) is 11.0 Å². The molecule has 1 heterocycles. The Morgan fingerprint density at radius 3 is 2.74 bits per heavy atom. The highest BCUT2D eigenvalue weighted by Gasteiger charge is 2.35. The lowest BCUT2D eigenvalue weighted by Crippen LogP contribution is -2.27. The van der Waals surface area contributed by atoms with Crippen molar-refractivity contribution in [2.24, 2.45) is 0 Å². The van der Waals surface area contributed by atoms with Crippen LogP contribution in [0.1, 0.15) is 18.7 Å². The number of carbonyl (C=O) groups is 1. The van der Waals surface area contributed by atoms with Crippen molar-refractivity contribution in [2.45, 2.75) is 30.1 Å². The van der Waals surface area contributed by atoms with E-state index in [0.717, 1.165) is 24.6 Å². The zero-order valence-corrected chi connectivity index (χ0v) is 11.1. The number of alkyl halides is 3. The van der Waals surface area contributed by atoms with Crippen molar-refractivity contribution in [3.05, 3.63) is 17.0 Å². The lowest BCUT2D eigenvalue weighted by atomic mass is 10.5. The molecule has 1 N–H and O–H groups in total. The van der Waals surface area contributed by atoms with E-state index in [1.54, 1.807) is 0 Å². The van der Waals surface area contributed by atoms with Gasteiger partial charge in [0.15, 0.2) is 0 Å². The van der Waals surface area contributed by atoms with Gasteiger partial charge in [0.2, 0.25) is 11.7 Å². The Balaban J connectivity index is 1.99. The summed E-state index contributed by atoms with van der Waals surface area (Å²) < 4.78 is 37.4. The smallest absolute Gasteiger partial charge is 0.353 e. The maximum absolute atomic E-state index is 12.5. The van der Waals surface area contributed by atoms with Crippen molar-refractivity contribution in [2.75, 3.05) is 5.75 Å². The minimum atomic E-state index is -4.66. The number of carbonyl (C=O) groups excluding carboxylic acids is 1. The Hall–Kier alpha value is -1.02. The fraction of sp³-hybridized carbons (Fsp3) is 0.500. The third kappa shape index (κ3) is 4.54. The molecule has 1 aromatic heterocycles. The molecule has 19 heavy (non-hydrogen) atoms. The molecule has 2 rings (SSSR count). The number of nitrogens with one attached hydrogen (secondary N) is 1. The van der Waals surface area contributed by atoms with Gasteiger partial charge in [-0.15, -0.1) is 0 Å². The fourth-order valence-corrected chi connectivity index (χ4v) is 2.19. The van der Waals surface area contributed by atoms with Crippen molar-refractivity contribution in [3.8, 4) is 0 Å². The summed E-state index contributed by atoms with van der Waals surface area (Å²) in [4.78, 5) is 17.8. The second kappa shape index (κ2) is 5.54. The molecule has 1 saturated carbocycles. The van der Waals surface area contributed by atoms with Gasteiger partial charge in [-0.3, -0.25) is 4.79 Å². The highest BCUT2D eigenvalue weighted by atomic mass is 35.5. The Bertz CT molecular complexity index is 493. The molecule has 0 spiro atoms. The number of hydrogen-bond donors (Lipinski definition) is 1. The number of amides is 1. The molecule has 0 saturated heterocycles. The number of thioether (sulfide) groups is 1. The highest BCUT2D eigenvalue weighted by Crippen LogP contribution is 2.29. The predicted octanol–water partition coefficient (Wildman–Crippen LogP) is 2.52. The van der Waals surface area contributed by atoms with Gasteiger partial charge in [-0.25, -0.2) is 9.97 Å². The first-order chi connectivity index (χ1) is 8.84. The molecule has 104 valence electrons. The quantitative estimate of drug-likeness (QED) is 0.686. The molecule has 1 fully saturated rings. The van der Waals surface area contributed by atoms with Crippen molar-refractivity contribution >= 4 is 29.3 Å². The summed E-state index contributed by atoms with van der Waals surface area (Å²) in [5.74, 6) is -1.53. The van der Waals surface area contributed by atoms with Crippen LogP contribution >= 0.6 is 23.4 Å². The minimum Gasteiger partial charge on any atom is -0.353 e. The molecular formula is C10H9ClF3N3OS. The highest BCUT2D eigenvalue weighted by molar-refractivity contribution is 7.99. The molecule has 9 heteroatoms. The summed E-state index contributed by atoms with van der Waals surface area (Å²) >= 11 is 6.40. The Morgan fingerprint density at radius 2 is 2.16 bits per heavy atom. The van der Waals surface area contributed by atoms with Crippen molar-refractivity contribution in [3.63, 3.8) is 0 Å². The molecule has 0 atom stereocenters. The average molecular weight is 312 g/mol. The van der Waals surface area contributed by atoms with Gasteiger partial charge in [-0.1, -0.05) is 23.4 Å². The largest absolute Gasteiger partial charge is 0.451 e. The van der Waals surface area contributed by atoms with Gasteiger partial charge < -0.3 is 5.32 Å². The van der Waals surface area contributed by atoms with Crippen molar-refractivity contribution in [1.29, 1.82) is 0 Å². The van der Waals surface area contributed by atoms with Crippen LogP contribution in [0.25, 0.3) is 0 Å². The van der Waals surface area contributed by atoms with Gasteiger partial charge >= 0.3 is 6.18 Å². The summed E-state index contributed by atoms with van der Waals surface area (Å²) in [5, 5.41) is 2.45. The summed E-state index contributed by atoms with van der Waals surface area (Å²) in [6.07, 6.45) is -2.75. The van der Waals surface area contributed by atoms with Gasteiger partial charge in [-0.05, 0) is 12.8 Å². The molecule has 0 unspecified atom stereocenters. The first kappa shape index (κ1) is 14.4. The standard InChI is InChI=1S/C10H9ClF3N3OS/c11-6-3-8(17-9(16-6)10(12,13)14)19-4-7(18)15-5-1-2-5/h3,5H,1-2,4H2,(H,15,18). The van der Waals surface area contributed by atoms with E-state index in [1.807, 2.05) is 0 Å². The molecule has 1 aliphatic rings. The second-order valence-corrected chi connectivity index (χ2v) is 5.36. The fourth-order valence-electron chi connectivity index (χ4n) is 1.23. The number of rotatable bonds is 4. The van der Waals surface area contributed by atoms with Gasteiger partial charge in [0.1, 0.15) is 10.2 Å². The molecule has 0 bridgehead atoms. The van der Waals surface area contributed by atoms with Crippen LogP contribution in [0.5, 0.6) is 0 Å². The van der Waals surface area contributed by atoms with E-state index in [-0.39, 0.29) is 27.9 Å². The molecule has 0 aliphatic heterocycles. The maximum Gasteiger partial charge on any atom is 0.451 e. The molecule has 0 aromatic carbocycles. The minimum absolute atomic E-state index is 0.00113. The van der Waals surface area contributed by atoms with E-state index in [0.29, 0.717) is 0 Å². The average Bonchev–Trinajstić information content (AvgIpc) is 3.08. The van der Waals surface area contributed by atoms with E-state index in [9.17, 15) is 18.0 Å².